The van der Waals surface area contributed by atoms with Crippen molar-refractivity contribution in [2.24, 2.45) is 5.73 Å². The number of hydrogen-bond acceptors (Lipinski definition) is 2. The van der Waals surface area contributed by atoms with E-state index in [1.807, 2.05) is 6.92 Å². The highest BCUT2D eigenvalue weighted by atomic mass is 35.5. The van der Waals surface area contributed by atoms with Crippen LogP contribution in [0, 0.1) is 6.92 Å². The van der Waals surface area contributed by atoms with Crippen LogP contribution in [0.3, 0.4) is 0 Å². The van der Waals surface area contributed by atoms with Crippen LogP contribution in [0.15, 0.2) is 35.1 Å². The third-order valence-corrected chi connectivity index (χ3v) is 3.81. The first kappa shape index (κ1) is 15.0. The van der Waals surface area contributed by atoms with Crippen LogP contribution in [0.5, 0.6) is 0 Å². The monoisotopic (exact) mass is 326 g/mol. The van der Waals surface area contributed by atoms with Crippen molar-refractivity contribution in [2.75, 3.05) is 0 Å². The molecule has 0 unspecified atom stereocenters. The second kappa shape index (κ2) is 5.95. The lowest BCUT2D eigenvalue weighted by molar-refractivity contribution is 0.728. The Morgan fingerprint density at radius 3 is 2.60 bits per heavy atom. The van der Waals surface area contributed by atoms with Crippen LogP contribution >= 0.6 is 35.4 Å². The fraction of sp³-hybridized carbons (Fsp3) is 0.143. The lowest BCUT2D eigenvalue weighted by atomic mass is 10.2. The van der Waals surface area contributed by atoms with Gasteiger partial charge < -0.3 is 10.3 Å². The molecule has 0 bridgehead atoms. The van der Waals surface area contributed by atoms with Gasteiger partial charge in [-0.25, -0.2) is 0 Å². The molecule has 20 heavy (non-hydrogen) atoms. The van der Waals surface area contributed by atoms with Gasteiger partial charge in [-0.3, -0.25) is 4.79 Å². The first-order valence-electron chi connectivity index (χ1n) is 5.84. The SMILES string of the molecule is Cc1ccc(C(N)=S)c(=O)n1Cc1ccc(Cl)cc1Cl. The lowest BCUT2D eigenvalue weighted by Gasteiger charge is -2.13. The summed E-state index contributed by atoms with van der Waals surface area (Å²) in [4.78, 5) is 12.4. The molecule has 1 aromatic carbocycles. The molecular formula is C14H12Cl2N2OS. The van der Waals surface area contributed by atoms with Crippen LogP contribution in [-0.4, -0.2) is 9.56 Å². The van der Waals surface area contributed by atoms with Gasteiger partial charge in [0.25, 0.3) is 5.56 Å². The Kier molecular flexibility index (Phi) is 4.48. The van der Waals surface area contributed by atoms with Crippen molar-refractivity contribution in [3.63, 3.8) is 0 Å². The summed E-state index contributed by atoms with van der Waals surface area (Å²) in [5.74, 6) is 0. The topological polar surface area (TPSA) is 48.0 Å². The van der Waals surface area contributed by atoms with E-state index in [0.29, 0.717) is 22.2 Å². The lowest BCUT2D eigenvalue weighted by Crippen LogP contribution is -2.30. The van der Waals surface area contributed by atoms with E-state index in [0.717, 1.165) is 11.3 Å². The van der Waals surface area contributed by atoms with Crippen LogP contribution in [-0.2, 0) is 6.54 Å². The number of nitrogens with two attached hydrogens (primary N) is 1. The minimum Gasteiger partial charge on any atom is -0.389 e. The standard InChI is InChI=1S/C14H12Cl2N2OS/c1-8-2-5-11(13(17)20)14(19)18(8)7-9-3-4-10(15)6-12(9)16/h2-6H,7H2,1H3,(H2,17,20). The zero-order valence-corrected chi connectivity index (χ0v) is 13.0. The largest absolute Gasteiger partial charge is 0.389 e. The molecule has 2 aromatic rings. The Bertz CT molecular complexity index is 740. The van der Waals surface area contributed by atoms with Crippen molar-refractivity contribution in [1.82, 2.24) is 4.57 Å². The van der Waals surface area contributed by atoms with E-state index < -0.39 is 0 Å². The summed E-state index contributed by atoms with van der Waals surface area (Å²) in [6.07, 6.45) is 0. The van der Waals surface area contributed by atoms with E-state index in [9.17, 15) is 4.79 Å². The molecule has 0 amide bonds. The van der Waals surface area contributed by atoms with Gasteiger partial charge in [0.05, 0.1) is 12.1 Å². The normalized spacial score (nSPS) is 10.6. The number of rotatable bonds is 3. The summed E-state index contributed by atoms with van der Waals surface area (Å²) in [6.45, 7) is 2.19. The number of aromatic nitrogens is 1. The van der Waals surface area contributed by atoms with Crippen molar-refractivity contribution in [2.45, 2.75) is 13.5 Å². The Labute approximate surface area is 131 Å². The third-order valence-electron chi connectivity index (χ3n) is 3.00. The molecule has 0 spiro atoms. The Morgan fingerprint density at radius 2 is 2.00 bits per heavy atom. The molecule has 3 nitrogen and oxygen atoms in total. The molecule has 0 aliphatic carbocycles. The summed E-state index contributed by atoms with van der Waals surface area (Å²) in [7, 11) is 0. The van der Waals surface area contributed by atoms with Gasteiger partial charge in [0.2, 0.25) is 0 Å². The smallest absolute Gasteiger partial charge is 0.261 e. The fourth-order valence-corrected chi connectivity index (χ4v) is 2.50. The molecular weight excluding hydrogens is 315 g/mol. The van der Waals surface area contributed by atoms with Gasteiger partial charge in [-0.1, -0.05) is 41.5 Å². The van der Waals surface area contributed by atoms with Gasteiger partial charge in [-0.15, -0.1) is 0 Å². The quantitative estimate of drug-likeness (QED) is 0.881. The first-order chi connectivity index (χ1) is 9.40. The predicted octanol–water partition coefficient (Wildman–Crippen LogP) is 3.15. The van der Waals surface area contributed by atoms with Gasteiger partial charge in [-0.05, 0) is 36.8 Å². The van der Waals surface area contributed by atoms with E-state index in [2.05, 4.69) is 0 Å². The average Bonchev–Trinajstić information content (AvgIpc) is 2.36. The second-order valence-corrected chi connectivity index (χ2v) is 5.66. The minimum absolute atomic E-state index is 0.0888. The average molecular weight is 327 g/mol. The van der Waals surface area contributed by atoms with Crippen LogP contribution in [0.1, 0.15) is 16.8 Å². The van der Waals surface area contributed by atoms with Crippen LogP contribution < -0.4 is 11.3 Å². The van der Waals surface area contributed by atoms with Crippen molar-refractivity contribution in [3.05, 3.63) is 67.6 Å². The maximum Gasteiger partial charge on any atom is 0.261 e. The number of benzene rings is 1. The molecule has 0 aliphatic rings. The molecule has 0 fully saturated rings. The number of thiocarbonyl (C=S) groups is 1. The van der Waals surface area contributed by atoms with Crippen LogP contribution in [0.4, 0.5) is 0 Å². The maximum atomic E-state index is 12.3. The van der Waals surface area contributed by atoms with Gasteiger partial charge in [0.1, 0.15) is 4.99 Å². The van der Waals surface area contributed by atoms with Crippen LogP contribution in [0.25, 0.3) is 0 Å². The molecule has 0 atom stereocenters. The first-order valence-corrected chi connectivity index (χ1v) is 7.00. The number of nitrogens with zero attached hydrogens (tertiary/aromatic N) is 1. The predicted molar refractivity (Wildman–Crippen MR) is 86.9 cm³/mol. The molecule has 0 aliphatic heterocycles. The molecule has 2 N–H and O–H groups in total. The number of pyridine rings is 1. The molecule has 0 radical (unpaired) electrons. The maximum absolute atomic E-state index is 12.3. The van der Waals surface area contributed by atoms with Crippen molar-refractivity contribution < 1.29 is 0 Å². The third kappa shape index (κ3) is 3.03. The zero-order chi connectivity index (χ0) is 14.9. The number of halogens is 2. The molecule has 1 aromatic heterocycles. The summed E-state index contributed by atoms with van der Waals surface area (Å²) < 4.78 is 1.59. The Balaban J connectivity index is 2.51. The van der Waals surface area contributed by atoms with Gasteiger partial charge in [0.15, 0.2) is 0 Å². The highest BCUT2D eigenvalue weighted by Gasteiger charge is 2.10. The van der Waals surface area contributed by atoms with E-state index >= 15 is 0 Å². The van der Waals surface area contributed by atoms with Crippen molar-refractivity contribution >= 4 is 40.4 Å². The van der Waals surface area contributed by atoms with E-state index in [1.165, 1.54) is 0 Å². The van der Waals surface area contributed by atoms with Gasteiger partial charge in [-0.2, -0.15) is 0 Å². The molecule has 2 rings (SSSR count). The zero-order valence-electron chi connectivity index (χ0n) is 10.7. The summed E-state index contributed by atoms with van der Waals surface area (Å²) in [6, 6.07) is 8.63. The van der Waals surface area contributed by atoms with Gasteiger partial charge >= 0.3 is 0 Å². The Hall–Kier alpha value is -1.36. The molecule has 104 valence electrons. The molecule has 0 saturated heterocycles. The summed E-state index contributed by atoms with van der Waals surface area (Å²) >= 11 is 16.9. The summed E-state index contributed by atoms with van der Waals surface area (Å²) in [5, 5.41) is 1.07. The molecule has 0 saturated carbocycles. The minimum atomic E-state index is -0.219. The summed E-state index contributed by atoms with van der Waals surface area (Å²) in [5.41, 5.74) is 7.27. The Morgan fingerprint density at radius 1 is 1.30 bits per heavy atom. The van der Waals surface area contributed by atoms with Crippen molar-refractivity contribution in [1.29, 1.82) is 0 Å². The van der Waals surface area contributed by atoms with Crippen LogP contribution in [0.2, 0.25) is 10.0 Å². The second-order valence-electron chi connectivity index (χ2n) is 4.38. The van der Waals surface area contributed by atoms with E-state index in [4.69, 9.17) is 41.2 Å². The number of aryl methyl sites for hydroxylation is 1. The highest BCUT2D eigenvalue weighted by Crippen LogP contribution is 2.21. The fourth-order valence-electron chi connectivity index (χ4n) is 1.88. The highest BCUT2D eigenvalue weighted by molar-refractivity contribution is 7.80. The number of hydrogen-bond donors (Lipinski definition) is 1. The van der Waals surface area contributed by atoms with Crippen molar-refractivity contribution in [3.8, 4) is 0 Å². The van der Waals surface area contributed by atoms with E-state index in [-0.39, 0.29) is 10.5 Å². The molecule has 1 heterocycles. The van der Waals surface area contributed by atoms with E-state index in [1.54, 1.807) is 34.9 Å². The van der Waals surface area contributed by atoms with Gasteiger partial charge in [0, 0.05) is 15.7 Å². The molecule has 6 heteroatoms.